The van der Waals surface area contributed by atoms with Crippen molar-refractivity contribution in [2.45, 2.75) is 64.0 Å². The molecule has 1 aromatic rings. The Morgan fingerprint density at radius 2 is 2.16 bits per heavy atom. The van der Waals surface area contributed by atoms with Gasteiger partial charge in [-0.15, -0.1) is 0 Å². The lowest BCUT2D eigenvalue weighted by Gasteiger charge is -2.36. The molecule has 2 rings (SSSR count). The zero-order valence-electron chi connectivity index (χ0n) is 12.4. The summed E-state index contributed by atoms with van der Waals surface area (Å²) in [5.74, 6) is 0. The first-order valence-corrected chi connectivity index (χ1v) is 7.48. The van der Waals surface area contributed by atoms with E-state index in [0.717, 1.165) is 50.0 Å². The fourth-order valence-corrected chi connectivity index (χ4v) is 3.05. The molecule has 0 saturated heterocycles. The van der Waals surface area contributed by atoms with Gasteiger partial charge in [-0.25, -0.2) is 0 Å². The highest BCUT2D eigenvalue weighted by molar-refractivity contribution is 5.12. The highest BCUT2D eigenvalue weighted by atomic mass is 16.3. The van der Waals surface area contributed by atoms with Gasteiger partial charge in [-0.2, -0.15) is 5.10 Å². The van der Waals surface area contributed by atoms with Crippen LogP contribution in [0.4, 0.5) is 0 Å². The van der Waals surface area contributed by atoms with Crippen LogP contribution < -0.4 is 5.32 Å². The number of hydrogen-bond acceptors (Lipinski definition) is 3. The summed E-state index contributed by atoms with van der Waals surface area (Å²) in [6.45, 7) is 5.28. The standard InChI is InChI=1S/C15H27N3O/c1-4-9-16-13-5-7-15(19,8-6-13)11-14-10-12(2)17-18(14)3/h10,13,16,19H,4-9,11H2,1-3H3. The van der Waals surface area contributed by atoms with Gasteiger partial charge in [0.05, 0.1) is 11.3 Å². The maximum Gasteiger partial charge on any atom is 0.0704 e. The zero-order chi connectivity index (χ0) is 13.9. The quantitative estimate of drug-likeness (QED) is 0.855. The second-order valence-corrected chi connectivity index (χ2v) is 6.03. The van der Waals surface area contributed by atoms with Crippen molar-refractivity contribution in [1.29, 1.82) is 0 Å². The average molecular weight is 265 g/mol. The van der Waals surface area contributed by atoms with E-state index in [1.165, 1.54) is 6.42 Å². The minimum absolute atomic E-state index is 0.537. The summed E-state index contributed by atoms with van der Waals surface area (Å²) < 4.78 is 1.90. The minimum atomic E-state index is -0.537. The van der Waals surface area contributed by atoms with Crippen LogP contribution in [0.5, 0.6) is 0 Å². The third kappa shape index (κ3) is 3.80. The molecule has 0 radical (unpaired) electrons. The lowest BCUT2D eigenvalue weighted by atomic mass is 9.79. The van der Waals surface area contributed by atoms with Crippen molar-refractivity contribution in [3.63, 3.8) is 0 Å². The van der Waals surface area contributed by atoms with Gasteiger partial charge in [0, 0.05) is 25.2 Å². The predicted octanol–water partition coefficient (Wildman–Crippen LogP) is 1.94. The van der Waals surface area contributed by atoms with Crippen molar-refractivity contribution in [1.82, 2.24) is 15.1 Å². The fraction of sp³-hybridized carbons (Fsp3) is 0.800. The molecule has 1 heterocycles. The molecule has 19 heavy (non-hydrogen) atoms. The van der Waals surface area contributed by atoms with Crippen LogP contribution in [0.1, 0.15) is 50.4 Å². The highest BCUT2D eigenvalue weighted by Gasteiger charge is 2.33. The normalized spacial score (nSPS) is 27.7. The predicted molar refractivity (Wildman–Crippen MR) is 77.1 cm³/mol. The van der Waals surface area contributed by atoms with E-state index in [9.17, 15) is 5.11 Å². The Morgan fingerprint density at radius 3 is 2.68 bits per heavy atom. The van der Waals surface area contributed by atoms with Crippen LogP contribution in [0.3, 0.4) is 0 Å². The van der Waals surface area contributed by atoms with E-state index in [0.29, 0.717) is 6.04 Å². The lowest BCUT2D eigenvalue weighted by molar-refractivity contribution is -0.00453. The molecule has 0 bridgehead atoms. The summed E-state index contributed by atoms with van der Waals surface area (Å²) in [4.78, 5) is 0. The summed E-state index contributed by atoms with van der Waals surface area (Å²) in [6.07, 6.45) is 5.83. The van der Waals surface area contributed by atoms with Gasteiger partial charge in [-0.05, 0) is 51.6 Å². The van der Waals surface area contributed by atoms with Gasteiger partial charge in [-0.1, -0.05) is 6.92 Å². The topological polar surface area (TPSA) is 50.1 Å². The third-order valence-electron chi connectivity index (χ3n) is 4.21. The summed E-state index contributed by atoms with van der Waals surface area (Å²) >= 11 is 0. The molecule has 0 aromatic carbocycles. The number of nitrogens with zero attached hydrogens (tertiary/aromatic N) is 2. The van der Waals surface area contributed by atoms with Gasteiger partial charge < -0.3 is 10.4 Å². The molecule has 0 aliphatic heterocycles. The lowest BCUT2D eigenvalue weighted by Crippen LogP contribution is -2.43. The number of aromatic nitrogens is 2. The first-order chi connectivity index (χ1) is 9.02. The van der Waals surface area contributed by atoms with E-state index < -0.39 is 5.60 Å². The monoisotopic (exact) mass is 265 g/mol. The molecule has 0 amide bonds. The van der Waals surface area contributed by atoms with Crippen molar-refractivity contribution in [3.8, 4) is 0 Å². The average Bonchev–Trinajstić information content (AvgIpc) is 2.67. The number of aryl methyl sites for hydroxylation is 2. The molecule has 1 fully saturated rings. The molecule has 1 aliphatic rings. The maximum absolute atomic E-state index is 10.7. The summed E-state index contributed by atoms with van der Waals surface area (Å²) in [7, 11) is 1.96. The van der Waals surface area contributed by atoms with E-state index in [4.69, 9.17) is 0 Å². The Hall–Kier alpha value is -0.870. The first kappa shape index (κ1) is 14.5. The second kappa shape index (κ2) is 6.06. The molecule has 1 aliphatic carbocycles. The van der Waals surface area contributed by atoms with E-state index in [1.807, 2.05) is 18.7 Å². The van der Waals surface area contributed by atoms with Gasteiger partial charge in [-0.3, -0.25) is 4.68 Å². The third-order valence-corrected chi connectivity index (χ3v) is 4.21. The van der Waals surface area contributed by atoms with E-state index in [1.54, 1.807) is 0 Å². The van der Waals surface area contributed by atoms with Crippen LogP contribution in [0.2, 0.25) is 0 Å². The van der Waals surface area contributed by atoms with Crippen molar-refractivity contribution in [2.24, 2.45) is 7.05 Å². The molecular weight excluding hydrogens is 238 g/mol. The van der Waals surface area contributed by atoms with Crippen LogP contribution in [0.25, 0.3) is 0 Å². The fourth-order valence-electron chi connectivity index (χ4n) is 3.05. The Morgan fingerprint density at radius 1 is 1.47 bits per heavy atom. The molecule has 2 N–H and O–H groups in total. The maximum atomic E-state index is 10.7. The van der Waals surface area contributed by atoms with Gasteiger partial charge in [0.25, 0.3) is 0 Å². The number of aliphatic hydroxyl groups is 1. The molecule has 1 saturated carbocycles. The van der Waals surface area contributed by atoms with Crippen LogP contribution in [-0.2, 0) is 13.5 Å². The van der Waals surface area contributed by atoms with Crippen molar-refractivity contribution in [2.75, 3.05) is 6.54 Å². The van der Waals surface area contributed by atoms with Crippen LogP contribution in [-0.4, -0.2) is 33.1 Å². The van der Waals surface area contributed by atoms with Gasteiger partial charge >= 0.3 is 0 Å². The van der Waals surface area contributed by atoms with Crippen molar-refractivity contribution in [3.05, 3.63) is 17.5 Å². The van der Waals surface area contributed by atoms with Crippen LogP contribution in [0, 0.1) is 6.92 Å². The molecule has 0 atom stereocenters. The van der Waals surface area contributed by atoms with E-state index >= 15 is 0 Å². The Bertz CT molecular complexity index is 406. The van der Waals surface area contributed by atoms with Crippen molar-refractivity contribution < 1.29 is 5.11 Å². The summed E-state index contributed by atoms with van der Waals surface area (Å²) in [6, 6.07) is 2.67. The largest absolute Gasteiger partial charge is 0.389 e. The number of hydrogen-bond donors (Lipinski definition) is 2. The molecule has 108 valence electrons. The first-order valence-electron chi connectivity index (χ1n) is 7.48. The van der Waals surface area contributed by atoms with Gasteiger partial charge in [0.15, 0.2) is 0 Å². The Kier molecular flexibility index (Phi) is 4.63. The van der Waals surface area contributed by atoms with Crippen LogP contribution >= 0.6 is 0 Å². The second-order valence-electron chi connectivity index (χ2n) is 6.03. The smallest absolute Gasteiger partial charge is 0.0704 e. The zero-order valence-corrected chi connectivity index (χ0v) is 12.4. The molecule has 0 unspecified atom stereocenters. The minimum Gasteiger partial charge on any atom is -0.389 e. The van der Waals surface area contributed by atoms with Gasteiger partial charge in [0.1, 0.15) is 0 Å². The SMILES string of the molecule is CCCNC1CCC(O)(Cc2cc(C)nn2C)CC1. The summed E-state index contributed by atoms with van der Waals surface area (Å²) in [5.41, 5.74) is 1.63. The number of rotatable bonds is 5. The van der Waals surface area contributed by atoms with Gasteiger partial charge in [0.2, 0.25) is 0 Å². The highest BCUT2D eigenvalue weighted by Crippen LogP contribution is 2.31. The van der Waals surface area contributed by atoms with E-state index in [2.05, 4.69) is 23.4 Å². The molecule has 4 heteroatoms. The Labute approximate surface area is 116 Å². The molecule has 0 spiro atoms. The number of nitrogens with one attached hydrogen (secondary N) is 1. The molecule has 1 aromatic heterocycles. The molecular formula is C15H27N3O. The molecule has 4 nitrogen and oxygen atoms in total. The Balaban J connectivity index is 1.89. The van der Waals surface area contributed by atoms with E-state index in [-0.39, 0.29) is 0 Å². The van der Waals surface area contributed by atoms with Crippen LogP contribution in [0.15, 0.2) is 6.07 Å². The summed E-state index contributed by atoms with van der Waals surface area (Å²) in [5, 5.41) is 18.6. The van der Waals surface area contributed by atoms with Crippen molar-refractivity contribution >= 4 is 0 Å².